The fourth-order valence-electron chi connectivity index (χ4n) is 4.44. The van der Waals surface area contributed by atoms with Crippen LogP contribution in [0.3, 0.4) is 0 Å². The molecular formula is C29H37BrNO2P. The van der Waals surface area contributed by atoms with Crippen molar-refractivity contribution in [3.63, 3.8) is 0 Å². The molecule has 1 N–H and O–H groups in total. The number of nitrogens with one attached hydrogen (secondary N) is 1. The molecule has 0 bridgehead atoms. The molecule has 0 heterocycles. The number of benzene rings is 3. The Labute approximate surface area is 213 Å². The standard InChI is InChI=1S/C29H37BrNO2P/c1-29(2,3)33-28(32)31-23-15-4-5-16-24-34(30,25-17-9-6-10-18-25,26-19-11-7-12-20-26)27-21-13-8-14-22-27/h6-14,17-22H,4-5,15-16,23-24H2,1-3H3,(H,31,32). The number of carbonyl (C=O) groups is 1. The molecule has 3 aromatic rings. The molecule has 3 aromatic carbocycles. The quantitative estimate of drug-likeness (QED) is 0.223. The minimum atomic E-state index is -2.83. The summed E-state index contributed by atoms with van der Waals surface area (Å²) in [6.45, 7) is 6.28. The molecule has 1 amide bonds. The van der Waals surface area contributed by atoms with Crippen molar-refractivity contribution < 1.29 is 9.53 Å². The monoisotopic (exact) mass is 541 g/mol. The molecule has 182 valence electrons. The number of rotatable bonds is 10. The Bertz CT molecular complexity index is 937. The average Bonchev–Trinajstić information content (AvgIpc) is 2.84. The van der Waals surface area contributed by atoms with Crippen molar-refractivity contribution in [2.75, 3.05) is 12.7 Å². The van der Waals surface area contributed by atoms with Gasteiger partial charge in [-0.2, -0.15) is 0 Å². The van der Waals surface area contributed by atoms with Gasteiger partial charge in [-0.05, 0) is 0 Å². The summed E-state index contributed by atoms with van der Waals surface area (Å²) in [5.74, 6) is 0. The van der Waals surface area contributed by atoms with E-state index >= 15 is 0 Å². The topological polar surface area (TPSA) is 38.3 Å². The van der Waals surface area contributed by atoms with Crippen LogP contribution >= 0.6 is 20.8 Å². The third-order valence-corrected chi connectivity index (χ3v) is 16.1. The predicted octanol–water partition coefficient (Wildman–Crippen LogP) is 6.91. The van der Waals surface area contributed by atoms with E-state index in [0.29, 0.717) is 6.54 Å². The van der Waals surface area contributed by atoms with Crippen molar-refractivity contribution in [3.05, 3.63) is 91.0 Å². The van der Waals surface area contributed by atoms with Crippen LogP contribution in [0.15, 0.2) is 91.0 Å². The Balaban J connectivity index is 1.76. The second kappa shape index (κ2) is 11.5. The summed E-state index contributed by atoms with van der Waals surface area (Å²) in [5, 5.41) is 4.12. The molecule has 0 saturated carbocycles. The van der Waals surface area contributed by atoms with E-state index < -0.39 is 10.9 Å². The van der Waals surface area contributed by atoms with E-state index in [-0.39, 0.29) is 6.09 Å². The van der Waals surface area contributed by atoms with Gasteiger partial charge in [-0.3, -0.25) is 0 Å². The number of alkyl carbamates (subject to hydrolysis) is 1. The number of amides is 1. The van der Waals surface area contributed by atoms with Gasteiger partial charge in [-0.1, -0.05) is 0 Å². The molecule has 3 rings (SSSR count). The first-order valence-electron chi connectivity index (χ1n) is 12.1. The van der Waals surface area contributed by atoms with Crippen LogP contribution in [-0.4, -0.2) is 24.4 Å². The molecule has 5 heteroatoms. The summed E-state index contributed by atoms with van der Waals surface area (Å²) < 4.78 is 5.32. The first kappa shape index (κ1) is 26.4. The van der Waals surface area contributed by atoms with E-state index in [1.54, 1.807) is 0 Å². The van der Waals surface area contributed by atoms with Crippen molar-refractivity contribution in [3.8, 4) is 0 Å². The van der Waals surface area contributed by atoms with Crippen LogP contribution in [0.4, 0.5) is 4.79 Å². The van der Waals surface area contributed by atoms with Gasteiger partial charge in [-0.25, -0.2) is 0 Å². The molecule has 0 atom stereocenters. The Hall–Kier alpha value is -2.16. The molecule has 0 aliphatic rings. The third-order valence-electron chi connectivity index (χ3n) is 6.06. The van der Waals surface area contributed by atoms with Crippen molar-refractivity contribution >= 4 is 42.8 Å². The van der Waals surface area contributed by atoms with Gasteiger partial charge in [0.05, 0.1) is 0 Å². The Morgan fingerprint density at radius 1 is 0.735 bits per heavy atom. The number of hydrogen-bond acceptors (Lipinski definition) is 2. The summed E-state index contributed by atoms with van der Waals surface area (Å²) in [4.78, 5) is 11.9. The minimum absolute atomic E-state index is 0.338. The molecule has 0 saturated heterocycles. The normalized spacial score (nSPS) is 13.0. The van der Waals surface area contributed by atoms with Crippen molar-refractivity contribution in [2.24, 2.45) is 0 Å². The van der Waals surface area contributed by atoms with Gasteiger partial charge in [0.1, 0.15) is 0 Å². The molecule has 0 aliphatic carbocycles. The number of unbranched alkanes of at least 4 members (excludes halogenated alkanes) is 3. The van der Waals surface area contributed by atoms with Gasteiger partial charge >= 0.3 is 213 Å². The van der Waals surface area contributed by atoms with Crippen LogP contribution in [0.5, 0.6) is 0 Å². The van der Waals surface area contributed by atoms with Crippen LogP contribution in [0.1, 0.15) is 46.5 Å². The van der Waals surface area contributed by atoms with Gasteiger partial charge in [0.15, 0.2) is 0 Å². The van der Waals surface area contributed by atoms with Gasteiger partial charge in [0, 0.05) is 0 Å². The molecule has 3 nitrogen and oxygen atoms in total. The second-order valence-corrected chi connectivity index (χ2v) is 18.8. The van der Waals surface area contributed by atoms with E-state index in [9.17, 15) is 4.79 Å². The molecule has 0 spiro atoms. The van der Waals surface area contributed by atoms with E-state index in [4.69, 9.17) is 4.74 Å². The maximum atomic E-state index is 11.9. The molecule has 0 radical (unpaired) electrons. The number of ether oxygens (including phenoxy) is 1. The van der Waals surface area contributed by atoms with Crippen molar-refractivity contribution in [1.82, 2.24) is 5.32 Å². The summed E-state index contributed by atoms with van der Waals surface area (Å²) in [6.07, 6.45) is 4.91. The Morgan fingerprint density at radius 3 is 1.56 bits per heavy atom. The Morgan fingerprint density at radius 2 is 1.15 bits per heavy atom. The SMILES string of the molecule is CC(C)(C)OC(=O)NCCCCCCP(Br)(c1ccccc1)(c1ccccc1)c1ccccc1. The maximum absolute atomic E-state index is 11.9. The molecule has 0 fully saturated rings. The third kappa shape index (κ3) is 6.29. The zero-order chi connectivity index (χ0) is 24.5. The molecule has 0 aromatic heterocycles. The van der Waals surface area contributed by atoms with Crippen molar-refractivity contribution in [2.45, 2.75) is 52.1 Å². The first-order valence-corrected chi connectivity index (χ1v) is 16.5. The number of hydrogen-bond donors (Lipinski definition) is 1. The van der Waals surface area contributed by atoms with E-state index in [0.717, 1.165) is 31.8 Å². The van der Waals surface area contributed by atoms with Crippen LogP contribution in [0, 0.1) is 0 Å². The molecular weight excluding hydrogens is 505 g/mol. The van der Waals surface area contributed by atoms with Crippen LogP contribution < -0.4 is 21.2 Å². The molecule has 0 unspecified atom stereocenters. The fourth-order valence-corrected chi connectivity index (χ4v) is 12.2. The Kier molecular flexibility index (Phi) is 8.95. The number of carbonyl (C=O) groups excluding carboxylic acids is 1. The predicted molar refractivity (Wildman–Crippen MR) is 152 cm³/mol. The fraction of sp³-hybridized carbons (Fsp3) is 0.345. The van der Waals surface area contributed by atoms with Crippen LogP contribution in [0.25, 0.3) is 0 Å². The van der Waals surface area contributed by atoms with E-state index in [1.807, 2.05) is 20.8 Å². The summed E-state index contributed by atoms with van der Waals surface area (Å²) in [6, 6.07) is 32.8. The van der Waals surface area contributed by atoms with Crippen molar-refractivity contribution in [1.29, 1.82) is 0 Å². The van der Waals surface area contributed by atoms with E-state index in [1.165, 1.54) is 15.9 Å². The summed E-state index contributed by atoms with van der Waals surface area (Å²) in [5.41, 5.74) is -0.464. The van der Waals surface area contributed by atoms with Gasteiger partial charge < -0.3 is 0 Å². The van der Waals surface area contributed by atoms with E-state index in [2.05, 4.69) is 112 Å². The average molecular weight is 542 g/mol. The van der Waals surface area contributed by atoms with Gasteiger partial charge in [0.2, 0.25) is 0 Å². The first-order chi connectivity index (χ1) is 16.2. The van der Waals surface area contributed by atoms with Crippen LogP contribution in [0.2, 0.25) is 0 Å². The summed E-state index contributed by atoms with van der Waals surface area (Å²) >= 11 is 4.50. The van der Waals surface area contributed by atoms with Crippen LogP contribution in [-0.2, 0) is 4.74 Å². The zero-order valence-corrected chi connectivity index (χ0v) is 23.0. The molecule has 34 heavy (non-hydrogen) atoms. The van der Waals surface area contributed by atoms with Gasteiger partial charge in [-0.15, -0.1) is 0 Å². The number of halogens is 1. The second-order valence-electron chi connectivity index (χ2n) is 9.76. The summed E-state index contributed by atoms with van der Waals surface area (Å²) in [7, 11) is 0. The van der Waals surface area contributed by atoms with Gasteiger partial charge in [0.25, 0.3) is 0 Å². The molecule has 0 aliphatic heterocycles. The zero-order valence-electron chi connectivity index (χ0n) is 20.5.